The van der Waals surface area contributed by atoms with Gasteiger partial charge < -0.3 is 14.5 Å². The van der Waals surface area contributed by atoms with Crippen LogP contribution >= 0.6 is 0 Å². The van der Waals surface area contributed by atoms with E-state index in [0.717, 1.165) is 25.7 Å². The highest BCUT2D eigenvalue weighted by Gasteiger charge is 2.46. The van der Waals surface area contributed by atoms with Crippen molar-refractivity contribution in [3.05, 3.63) is 53.1 Å². The lowest BCUT2D eigenvalue weighted by Gasteiger charge is -2.42. The lowest BCUT2D eigenvalue weighted by molar-refractivity contribution is 0.0572. The van der Waals surface area contributed by atoms with Gasteiger partial charge in [0.2, 0.25) is 0 Å². The number of benzene rings is 2. The van der Waals surface area contributed by atoms with Gasteiger partial charge in [0, 0.05) is 25.9 Å². The Morgan fingerprint density at radius 2 is 1.74 bits per heavy atom. The zero-order chi connectivity index (χ0) is 18.2. The summed E-state index contributed by atoms with van der Waals surface area (Å²) in [4.78, 5) is 5.10. The maximum atomic E-state index is 6.98. The second kappa shape index (κ2) is 5.43. The molecule has 2 aliphatic carbocycles. The van der Waals surface area contributed by atoms with E-state index in [1.165, 1.54) is 53.1 Å². The molecule has 140 valence electrons. The van der Waals surface area contributed by atoms with Crippen molar-refractivity contribution in [1.82, 2.24) is 0 Å². The van der Waals surface area contributed by atoms with Crippen LogP contribution in [0.1, 0.15) is 49.3 Å². The van der Waals surface area contributed by atoms with Crippen molar-refractivity contribution < 1.29 is 4.74 Å². The fraction of sp³-hybridized carbons (Fsp3) is 0.500. The zero-order valence-electron chi connectivity index (χ0n) is 16.4. The minimum Gasteiger partial charge on any atom is -0.484 e. The monoisotopic (exact) mass is 360 g/mol. The fourth-order valence-electron chi connectivity index (χ4n) is 5.71. The van der Waals surface area contributed by atoms with Crippen LogP contribution in [0.5, 0.6) is 5.75 Å². The van der Waals surface area contributed by atoms with Crippen LogP contribution in [0.25, 0.3) is 0 Å². The lowest BCUT2D eigenvalue weighted by Crippen LogP contribution is -2.48. The van der Waals surface area contributed by atoms with Crippen LogP contribution in [0, 0.1) is 0 Å². The summed E-state index contributed by atoms with van der Waals surface area (Å²) in [7, 11) is 2.23. The van der Waals surface area contributed by atoms with Crippen molar-refractivity contribution in [1.29, 1.82) is 0 Å². The van der Waals surface area contributed by atoms with Crippen molar-refractivity contribution in [2.75, 3.05) is 16.8 Å². The minimum atomic E-state index is -0.0402. The number of nitrogens with zero attached hydrogens (tertiary/aromatic N) is 2. The molecule has 0 N–H and O–H groups in total. The largest absolute Gasteiger partial charge is 0.484 e. The van der Waals surface area contributed by atoms with Crippen LogP contribution in [-0.2, 0) is 19.3 Å². The Morgan fingerprint density at radius 3 is 2.41 bits per heavy atom. The van der Waals surface area contributed by atoms with E-state index in [-0.39, 0.29) is 5.60 Å². The number of anilines is 2. The minimum absolute atomic E-state index is 0.0402. The van der Waals surface area contributed by atoms with Gasteiger partial charge in [0.05, 0.1) is 11.9 Å². The predicted molar refractivity (Wildman–Crippen MR) is 110 cm³/mol. The van der Waals surface area contributed by atoms with E-state index in [1.807, 2.05) is 0 Å². The standard InChI is InChI=1S/C24H28N2O/c1-16-25(2)21-11-10-17-12-13-24(14-18-6-3-4-7-19(18)15-24)27-23(17)22(21)26(16)20-8-5-9-20/h3-4,6-7,10-11,16,20H,5,8-9,12-15H2,1-2H3. The first-order valence-corrected chi connectivity index (χ1v) is 10.6. The summed E-state index contributed by atoms with van der Waals surface area (Å²) in [6, 6.07) is 14.2. The van der Waals surface area contributed by atoms with E-state index in [4.69, 9.17) is 4.74 Å². The molecule has 4 aliphatic rings. The van der Waals surface area contributed by atoms with Crippen molar-refractivity contribution in [3.8, 4) is 5.75 Å². The summed E-state index contributed by atoms with van der Waals surface area (Å²) in [5, 5.41) is 0. The summed E-state index contributed by atoms with van der Waals surface area (Å²) < 4.78 is 6.98. The Morgan fingerprint density at radius 1 is 1.00 bits per heavy atom. The summed E-state index contributed by atoms with van der Waals surface area (Å²) in [5.41, 5.74) is 7.05. The molecule has 2 aromatic rings. The fourth-order valence-corrected chi connectivity index (χ4v) is 5.71. The SMILES string of the molecule is CC1N(C)c2ccc3c(c2N1C1CCC1)OC1(CC3)Cc2ccccc2C1. The van der Waals surface area contributed by atoms with E-state index in [0.29, 0.717) is 12.2 Å². The number of hydrogen-bond acceptors (Lipinski definition) is 3. The predicted octanol–water partition coefficient (Wildman–Crippen LogP) is 4.70. The molecule has 0 bridgehead atoms. The maximum Gasteiger partial charge on any atom is 0.148 e. The summed E-state index contributed by atoms with van der Waals surface area (Å²) in [5.74, 6) is 1.19. The molecule has 0 amide bonds. The average molecular weight is 361 g/mol. The van der Waals surface area contributed by atoms with Gasteiger partial charge in [0.25, 0.3) is 0 Å². The molecule has 1 atom stereocenters. The first kappa shape index (κ1) is 15.9. The molecule has 6 rings (SSSR count). The summed E-state index contributed by atoms with van der Waals surface area (Å²) in [6.07, 6.45) is 8.79. The van der Waals surface area contributed by atoms with Gasteiger partial charge in [-0.2, -0.15) is 0 Å². The Labute approximate surface area is 161 Å². The van der Waals surface area contributed by atoms with E-state index >= 15 is 0 Å². The normalized spacial score (nSPS) is 25.0. The maximum absolute atomic E-state index is 6.98. The molecular formula is C24H28N2O. The molecule has 2 aliphatic heterocycles. The van der Waals surface area contributed by atoms with Crippen LogP contribution in [0.3, 0.4) is 0 Å². The highest BCUT2D eigenvalue weighted by atomic mass is 16.5. The topological polar surface area (TPSA) is 15.7 Å². The second-order valence-corrected chi connectivity index (χ2v) is 9.06. The van der Waals surface area contributed by atoms with E-state index in [9.17, 15) is 0 Å². The molecule has 0 aromatic heterocycles. The Hall–Kier alpha value is -2.16. The summed E-state index contributed by atoms with van der Waals surface area (Å²) in [6.45, 7) is 2.34. The van der Waals surface area contributed by atoms with E-state index in [1.54, 1.807) is 0 Å². The first-order valence-electron chi connectivity index (χ1n) is 10.6. The van der Waals surface area contributed by atoms with Crippen molar-refractivity contribution in [2.24, 2.45) is 0 Å². The lowest BCUT2D eigenvalue weighted by atomic mass is 9.87. The Kier molecular flexibility index (Phi) is 3.19. The molecule has 1 unspecified atom stereocenters. The molecule has 2 heterocycles. The van der Waals surface area contributed by atoms with E-state index < -0.39 is 0 Å². The molecule has 3 nitrogen and oxygen atoms in total. The number of hydrogen-bond donors (Lipinski definition) is 0. The van der Waals surface area contributed by atoms with Gasteiger partial charge in [-0.1, -0.05) is 30.3 Å². The molecule has 0 saturated heterocycles. The van der Waals surface area contributed by atoms with Gasteiger partial charge in [0.15, 0.2) is 0 Å². The Bertz CT molecular complexity index is 892. The average Bonchev–Trinajstić information content (AvgIpc) is 3.11. The van der Waals surface area contributed by atoms with E-state index in [2.05, 4.69) is 60.2 Å². The molecule has 27 heavy (non-hydrogen) atoms. The smallest absolute Gasteiger partial charge is 0.148 e. The van der Waals surface area contributed by atoms with Crippen molar-refractivity contribution in [2.45, 2.75) is 69.7 Å². The van der Waals surface area contributed by atoms with Gasteiger partial charge in [0.1, 0.15) is 17.0 Å². The zero-order valence-corrected chi connectivity index (χ0v) is 16.4. The van der Waals surface area contributed by atoms with Crippen molar-refractivity contribution in [3.63, 3.8) is 0 Å². The van der Waals surface area contributed by atoms with Gasteiger partial charge in [-0.25, -0.2) is 0 Å². The quantitative estimate of drug-likeness (QED) is 0.733. The van der Waals surface area contributed by atoms with Crippen LogP contribution < -0.4 is 14.5 Å². The molecule has 0 radical (unpaired) electrons. The third kappa shape index (κ3) is 2.14. The van der Waals surface area contributed by atoms with Crippen LogP contribution in [0.15, 0.2) is 36.4 Å². The van der Waals surface area contributed by atoms with Crippen LogP contribution in [0.4, 0.5) is 11.4 Å². The van der Waals surface area contributed by atoms with Crippen molar-refractivity contribution >= 4 is 11.4 Å². The first-order chi connectivity index (χ1) is 13.2. The number of aryl methyl sites for hydroxylation is 1. The molecule has 3 heteroatoms. The highest BCUT2D eigenvalue weighted by Crippen LogP contribution is 2.54. The number of ether oxygens (including phenoxy) is 1. The third-order valence-electron chi connectivity index (χ3n) is 7.57. The van der Waals surface area contributed by atoms with Crippen LogP contribution in [-0.4, -0.2) is 24.9 Å². The number of fused-ring (bicyclic) bond motifs is 4. The van der Waals surface area contributed by atoms with Gasteiger partial charge in [-0.3, -0.25) is 0 Å². The Balaban J connectivity index is 1.43. The van der Waals surface area contributed by atoms with Gasteiger partial charge in [-0.05, 0) is 61.8 Å². The summed E-state index contributed by atoms with van der Waals surface area (Å²) >= 11 is 0. The van der Waals surface area contributed by atoms with Crippen LogP contribution in [0.2, 0.25) is 0 Å². The molecule has 1 spiro atoms. The van der Waals surface area contributed by atoms with Gasteiger partial charge >= 0.3 is 0 Å². The van der Waals surface area contributed by atoms with Gasteiger partial charge in [-0.15, -0.1) is 0 Å². The second-order valence-electron chi connectivity index (χ2n) is 9.06. The molecule has 1 saturated carbocycles. The third-order valence-corrected chi connectivity index (χ3v) is 7.57. The number of rotatable bonds is 1. The molecule has 2 aromatic carbocycles. The highest BCUT2D eigenvalue weighted by molar-refractivity contribution is 5.85. The molecule has 1 fully saturated rings. The molecular weight excluding hydrogens is 332 g/mol.